The van der Waals surface area contributed by atoms with Crippen LogP contribution in [0.2, 0.25) is 5.02 Å². The number of hydrogen-bond acceptors (Lipinski definition) is 6. The van der Waals surface area contributed by atoms with Crippen LogP contribution in [0.1, 0.15) is 19.8 Å². The van der Waals surface area contributed by atoms with Crippen LogP contribution < -0.4 is 16.4 Å². The zero-order valence-electron chi connectivity index (χ0n) is 13.6. The van der Waals surface area contributed by atoms with Crippen LogP contribution in [-0.2, 0) is 0 Å². The van der Waals surface area contributed by atoms with Gasteiger partial charge in [0, 0.05) is 24.5 Å². The maximum Gasteiger partial charge on any atom is 0.147 e. The Kier molecular flexibility index (Phi) is 5.18. The fourth-order valence-corrected chi connectivity index (χ4v) is 3.69. The van der Waals surface area contributed by atoms with Gasteiger partial charge in [-0.2, -0.15) is 0 Å². The van der Waals surface area contributed by atoms with Crippen LogP contribution in [0.3, 0.4) is 0 Å². The summed E-state index contributed by atoms with van der Waals surface area (Å²) in [6.45, 7) is 5.90. The summed E-state index contributed by atoms with van der Waals surface area (Å²) in [7, 11) is 0. The summed E-state index contributed by atoms with van der Waals surface area (Å²) in [6.07, 6.45) is 5.65. The van der Waals surface area contributed by atoms with E-state index >= 15 is 0 Å². The van der Waals surface area contributed by atoms with Crippen molar-refractivity contribution in [1.29, 1.82) is 0 Å². The standard InChI is InChI=1S/C17H21ClN5S/c1-17(11-19)5-7-23(8-6-17)14-9-22-15(10-21-14)24-13-4-2-3-12(20)16(13)18/h2-4,9-11H,5-8,19-20H2,1H3. The summed E-state index contributed by atoms with van der Waals surface area (Å²) in [5, 5.41) is 1.35. The van der Waals surface area contributed by atoms with E-state index in [-0.39, 0.29) is 5.41 Å². The van der Waals surface area contributed by atoms with Crippen molar-refractivity contribution in [1.82, 2.24) is 9.97 Å². The second kappa shape index (κ2) is 7.17. The zero-order valence-corrected chi connectivity index (χ0v) is 15.1. The van der Waals surface area contributed by atoms with Crippen molar-refractivity contribution in [2.24, 2.45) is 11.1 Å². The molecule has 127 valence electrons. The molecule has 0 saturated carbocycles. The molecule has 1 radical (unpaired) electrons. The number of hydrogen-bond donors (Lipinski definition) is 2. The molecule has 1 aromatic carbocycles. The first-order chi connectivity index (χ1) is 11.5. The van der Waals surface area contributed by atoms with E-state index < -0.39 is 0 Å². The van der Waals surface area contributed by atoms with Gasteiger partial charge < -0.3 is 16.4 Å². The Morgan fingerprint density at radius 3 is 2.62 bits per heavy atom. The Morgan fingerprint density at radius 1 is 1.25 bits per heavy atom. The first-order valence-electron chi connectivity index (χ1n) is 7.86. The monoisotopic (exact) mass is 362 g/mol. The van der Waals surface area contributed by atoms with Crippen molar-refractivity contribution in [2.45, 2.75) is 29.7 Å². The van der Waals surface area contributed by atoms with Crippen LogP contribution in [0, 0.1) is 12.0 Å². The van der Waals surface area contributed by atoms with Crippen molar-refractivity contribution in [3.8, 4) is 0 Å². The minimum Gasteiger partial charge on any atom is -0.397 e. The van der Waals surface area contributed by atoms with E-state index in [0.717, 1.165) is 41.7 Å². The maximum atomic E-state index is 6.22. The number of nitrogen functional groups attached to an aromatic ring is 1. The van der Waals surface area contributed by atoms with Gasteiger partial charge in [0.15, 0.2) is 0 Å². The molecule has 0 bridgehead atoms. The SMILES string of the molecule is CC1([CH]N)CCN(c2cnc(Sc3cccc(N)c3Cl)cn2)CC1. The number of benzene rings is 1. The predicted octanol–water partition coefficient (Wildman–Crippen LogP) is 3.59. The largest absolute Gasteiger partial charge is 0.397 e. The van der Waals surface area contributed by atoms with Crippen LogP contribution in [0.5, 0.6) is 0 Å². The summed E-state index contributed by atoms with van der Waals surface area (Å²) in [6, 6.07) is 5.59. The van der Waals surface area contributed by atoms with Gasteiger partial charge in [0.05, 0.1) is 23.1 Å². The van der Waals surface area contributed by atoms with E-state index in [9.17, 15) is 0 Å². The van der Waals surface area contributed by atoms with E-state index in [0.29, 0.717) is 10.7 Å². The Bertz CT molecular complexity index is 699. The minimum absolute atomic E-state index is 0.129. The second-order valence-electron chi connectivity index (χ2n) is 6.28. The van der Waals surface area contributed by atoms with E-state index in [1.54, 1.807) is 12.3 Å². The van der Waals surface area contributed by atoms with Crippen LogP contribution in [0.15, 0.2) is 40.5 Å². The van der Waals surface area contributed by atoms with Crippen molar-refractivity contribution in [3.63, 3.8) is 0 Å². The topological polar surface area (TPSA) is 81.1 Å². The number of aromatic nitrogens is 2. The normalized spacial score (nSPS) is 17.0. The Balaban J connectivity index is 1.67. The zero-order chi connectivity index (χ0) is 17.2. The molecule has 1 aliphatic rings. The number of anilines is 2. The molecule has 1 saturated heterocycles. The van der Waals surface area contributed by atoms with Gasteiger partial charge in [-0.25, -0.2) is 9.97 Å². The molecule has 3 rings (SSSR count). The molecule has 1 aliphatic heterocycles. The van der Waals surface area contributed by atoms with Crippen molar-refractivity contribution in [2.75, 3.05) is 23.7 Å². The maximum absolute atomic E-state index is 6.22. The third-order valence-electron chi connectivity index (χ3n) is 4.45. The van der Waals surface area contributed by atoms with Crippen molar-refractivity contribution < 1.29 is 0 Å². The number of nitrogens with zero attached hydrogens (tertiary/aromatic N) is 3. The highest BCUT2D eigenvalue weighted by atomic mass is 35.5. The molecule has 2 aromatic rings. The highest BCUT2D eigenvalue weighted by Crippen LogP contribution is 2.36. The van der Waals surface area contributed by atoms with Crippen molar-refractivity contribution >= 4 is 34.9 Å². The third-order valence-corrected chi connectivity index (χ3v) is 5.97. The van der Waals surface area contributed by atoms with E-state index in [1.165, 1.54) is 11.8 Å². The number of nitrogens with two attached hydrogens (primary N) is 2. The summed E-state index contributed by atoms with van der Waals surface area (Å²) in [5.41, 5.74) is 12.3. The van der Waals surface area contributed by atoms with Gasteiger partial charge in [-0.1, -0.05) is 36.4 Å². The van der Waals surface area contributed by atoms with E-state index in [4.69, 9.17) is 23.1 Å². The fraction of sp³-hybridized carbons (Fsp3) is 0.353. The molecule has 2 heterocycles. The first-order valence-corrected chi connectivity index (χ1v) is 9.05. The highest BCUT2D eigenvalue weighted by Gasteiger charge is 2.29. The average molecular weight is 363 g/mol. The minimum atomic E-state index is 0.129. The van der Waals surface area contributed by atoms with Gasteiger partial charge in [0.25, 0.3) is 0 Å². The highest BCUT2D eigenvalue weighted by molar-refractivity contribution is 7.99. The Morgan fingerprint density at radius 2 is 2.00 bits per heavy atom. The number of piperidine rings is 1. The molecular weight excluding hydrogens is 342 g/mol. The molecule has 0 amide bonds. The van der Waals surface area contributed by atoms with Crippen LogP contribution >= 0.6 is 23.4 Å². The van der Waals surface area contributed by atoms with Gasteiger partial charge in [0.1, 0.15) is 10.8 Å². The van der Waals surface area contributed by atoms with Crippen LogP contribution in [0.25, 0.3) is 0 Å². The molecule has 1 aromatic heterocycles. The lowest BCUT2D eigenvalue weighted by Gasteiger charge is -2.38. The van der Waals surface area contributed by atoms with Gasteiger partial charge >= 0.3 is 0 Å². The molecule has 1 fully saturated rings. The molecular formula is C17H21ClN5S. The van der Waals surface area contributed by atoms with Gasteiger partial charge in [-0.05, 0) is 30.4 Å². The summed E-state index contributed by atoms with van der Waals surface area (Å²) < 4.78 is 0. The summed E-state index contributed by atoms with van der Waals surface area (Å²) >= 11 is 7.68. The number of halogens is 1. The Hall–Kier alpha value is -1.50. The molecule has 4 N–H and O–H groups in total. The lowest BCUT2D eigenvalue weighted by molar-refractivity contribution is 0.295. The quantitative estimate of drug-likeness (QED) is 0.809. The smallest absolute Gasteiger partial charge is 0.147 e. The average Bonchev–Trinajstić information content (AvgIpc) is 2.60. The van der Waals surface area contributed by atoms with Crippen LogP contribution in [0.4, 0.5) is 11.5 Å². The lowest BCUT2D eigenvalue weighted by Crippen LogP contribution is -2.40. The summed E-state index contributed by atoms with van der Waals surface area (Å²) in [4.78, 5) is 12.2. The second-order valence-corrected chi connectivity index (χ2v) is 7.72. The summed E-state index contributed by atoms with van der Waals surface area (Å²) in [5.74, 6) is 0.900. The lowest BCUT2D eigenvalue weighted by atomic mass is 9.80. The Labute approximate surface area is 151 Å². The molecule has 5 nitrogen and oxygen atoms in total. The molecule has 0 unspecified atom stereocenters. The third kappa shape index (κ3) is 3.77. The molecule has 0 spiro atoms. The van der Waals surface area contributed by atoms with E-state index in [2.05, 4.69) is 21.8 Å². The molecule has 7 heteroatoms. The molecule has 0 atom stereocenters. The van der Waals surface area contributed by atoms with Crippen molar-refractivity contribution in [3.05, 3.63) is 42.2 Å². The van der Waals surface area contributed by atoms with E-state index in [1.807, 2.05) is 24.9 Å². The first kappa shape index (κ1) is 17.3. The van der Waals surface area contributed by atoms with Crippen LogP contribution in [-0.4, -0.2) is 23.1 Å². The van der Waals surface area contributed by atoms with Gasteiger partial charge in [-0.3, -0.25) is 0 Å². The fourth-order valence-electron chi connectivity index (χ4n) is 2.66. The van der Waals surface area contributed by atoms with Gasteiger partial charge in [0.2, 0.25) is 0 Å². The van der Waals surface area contributed by atoms with Gasteiger partial charge in [-0.15, -0.1) is 0 Å². The molecule has 0 aliphatic carbocycles. The predicted molar refractivity (Wildman–Crippen MR) is 100 cm³/mol. The number of rotatable bonds is 4. The molecule has 24 heavy (non-hydrogen) atoms.